The predicted molar refractivity (Wildman–Crippen MR) is 69.8 cm³/mol. The van der Waals surface area contributed by atoms with E-state index in [1.165, 1.54) is 0 Å². The van der Waals surface area contributed by atoms with E-state index >= 15 is 0 Å². The van der Waals surface area contributed by atoms with Crippen molar-refractivity contribution in [2.75, 3.05) is 11.1 Å². The minimum absolute atomic E-state index is 0.264. The van der Waals surface area contributed by atoms with Gasteiger partial charge in [0.1, 0.15) is 11.5 Å². The maximum Gasteiger partial charge on any atom is 0.273 e. The Morgan fingerprint density at radius 3 is 2.88 bits per heavy atom. The van der Waals surface area contributed by atoms with E-state index in [2.05, 4.69) is 31.2 Å². The molecule has 1 amide bonds. The first-order valence-electron chi connectivity index (χ1n) is 4.93. The van der Waals surface area contributed by atoms with E-state index in [0.717, 1.165) is 10.0 Å². The van der Waals surface area contributed by atoms with Crippen LogP contribution >= 0.6 is 15.9 Å². The molecule has 0 spiro atoms. The van der Waals surface area contributed by atoms with Gasteiger partial charge in [-0.15, -0.1) is 0 Å². The fraction of sp³-hybridized carbons (Fsp3) is 0.0909. The van der Waals surface area contributed by atoms with Gasteiger partial charge in [0.15, 0.2) is 0 Å². The number of amides is 1. The predicted octanol–water partition coefficient (Wildman–Crippen LogP) is 2.32. The molecule has 0 atom stereocenters. The fourth-order valence-electron chi connectivity index (χ4n) is 1.39. The Morgan fingerprint density at radius 2 is 2.29 bits per heavy atom. The van der Waals surface area contributed by atoms with Gasteiger partial charge >= 0.3 is 0 Å². The Balaban J connectivity index is 2.18. The molecule has 17 heavy (non-hydrogen) atoms. The van der Waals surface area contributed by atoms with Crippen LogP contribution in [0.2, 0.25) is 0 Å². The second-order valence-corrected chi connectivity index (χ2v) is 4.54. The van der Waals surface area contributed by atoms with Crippen molar-refractivity contribution < 1.29 is 4.79 Å². The first-order valence-corrected chi connectivity index (χ1v) is 5.73. The molecule has 2 aromatic rings. The van der Waals surface area contributed by atoms with Crippen LogP contribution in [0.1, 0.15) is 16.1 Å². The monoisotopic (exact) mass is 294 g/mol. The van der Waals surface area contributed by atoms with Crippen molar-refractivity contribution in [3.63, 3.8) is 0 Å². The lowest BCUT2D eigenvalue weighted by Crippen LogP contribution is -2.14. The van der Waals surface area contributed by atoms with Gasteiger partial charge in [-0.05, 0) is 40.5 Å². The number of carbonyl (C=O) groups excluding carboxylic acids is 1. The lowest BCUT2D eigenvalue weighted by atomic mass is 10.3. The van der Waals surface area contributed by atoms with E-state index in [1.54, 1.807) is 18.5 Å². The van der Waals surface area contributed by atoms with E-state index in [4.69, 9.17) is 5.73 Å². The molecule has 88 valence electrons. The first kappa shape index (κ1) is 11.7. The number of nitrogen functional groups attached to an aromatic ring is 1. The average molecular weight is 295 g/mol. The van der Waals surface area contributed by atoms with Gasteiger partial charge in [-0.25, -0.2) is 4.98 Å². The third kappa shape index (κ3) is 2.65. The molecule has 0 aliphatic carbocycles. The Bertz CT molecular complexity index is 564. The Hall–Kier alpha value is -1.82. The molecule has 0 saturated carbocycles. The van der Waals surface area contributed by atoms with Gasteiger partial charge in [0.2, 0.25) is 0 Å². The largest absolute Gasteiger partial charge is 0.397 e. The molecular weight excluding hydrogens is 284 g/mol. The van der Waals surface area contributed by atoms with Crippen molar-refractivity contribution in [3.8, 4) is 0 Å². The summed E-state index contributed by atoms with van der Waals surface area (Å²) in [6, 6.07) is 3.45. The number of hydrogen-bond acceptors (Lipinski definition) is 3. The molecule has 6 heteroatoms. The molecule has 0 bridgehead atoms. The number of aromatic amines is 1. The van der Waals surface area contributed by atoms with E-state index in [1.807, 2.05) is 13.0 Å². The highest BCUT2D eigenvalue weighted by atomic mass is 79.9. The van der Waals surface area contributed by atoms with Crippen LogP contribution in [-0.2, 0) is 0 Å². The van der Waals surface area contributed by atoms with Crippen LogP contribution in [0.5, 0.6) is 0 Å². The Morgan fingerprint density at radius 1 is 1.53 bits per heavy atom. The zero-order chi connectivity index (χ0) is 12.4. The Labute approximate surface area is 107 Å². The van der Waals surface area contributed by atoms with Gasteiger partial charge in [0.05, 0.1) is 0 Å². The second kappa shape index (κ2) is 4.58. The summed E-state index contributed by atoms with van der Waals surface area (Å²) in [5, 5.41) is 2.71. The molecule has 5 nitrogen and oxygen atoms in total. The second-order valence-electron chi connectivity index (χ2n) is 3.62. The summed E-state index contributed by atoms with van der Waals surface area (Å²) in [4.78, 5) is 18.7. The van der Waals surface area contributed by atoms with Crippen molar-refractivity contribution in [2.45, 2.75) is 6.92 Å². The van der Waals surface area contributed by atoms with Gasteiger partial charge in [-0.2, -0.15) is 0 Å². The molecule has 0 aliphatic heterocycles. The van der Waals surface area contributed by atoms with Gasteiger partial charge in [-0.3, -0.25) is 4.79 Å². The molecule has 2 aromatic heterocycles. The van der Waals surface area contributed by atoms with E-state index < -0.39 is 0 Å². The van der Waals surface area contributed by atoms with Gasteiger partial charge in [0.25, 0.3) is 5.91 Å². The number of hydrogen-bond donors (Lipinski definition) is 3. The number of carbonyl (C=O) groups is 1. The number of nitrogens with one attached hydrogen (secondary N) is 2. The van der Waals surface area contributed by atoms with Crippen LogP contribution in [-0.4, -0.2) is 15.9 Å². The summed E-state index contributed by atoms with van der Waals surface area (Å²) in [6.07, 6.45) is 3.20. The molecule has 0 unspecified atom stereocenters. The third-order valence-corrected chi connectivity index (χ3v) is 2.66. The molecule has 2 rings (SSSR count). The molecule has 0 aromatic carbocycles. The maximum absolute atomic E-state index is 11.8. The van der Waals surface area contributed by atoms with Gasteiger partial charge in [0, 0.05) is 22.6 Å². The van der Waals surface area contributed by atoms with E-state index in [-0.39, 0.29) is 5.91 Å². The van der Waals surface area contributed by atoms with Crippen LogP contribution in [0.3, 0.4) is 0 Å². The molecule has 0 saturated heterocycles. The molecule has 0 aliphatic rings. The van der Waals surface area contributed by atoms with E-state index in [9.17, 15) is 4.79 Å². The van der Waals surface area contributed by atoms with E-state index in [0.29, 0.717) is 17.2 Å². The molecule has 4 N–H and O–H groups in total. The number of aromatic nitrogens is 2. The fourth-order valence-corrected chi connectivity index (χ4v) is 1.83. The minimum Gasteiger partial charge on any atom is -0.397 e. The van der Waals surface area contributed by atoms with Crippen molar-refractivity contribution in [2.24, 2.45) is 0 Å². The van der Waals surface area contributed by atoms with Gasteiger partial charge in [-0.1, -0.05) is 0 Å². The van der Waals surface area contributed by atoms with Crippen LogP contribution < -0.4 is 11.1 Å². The third-order valence-electron chi connectivity index (χ3n) is 2.23. The number of anilines is 2. The number of nitrogens with two attached hydrogens (primary N) is 1. The van der Waals surface area contributed by atoms with Crippen molar-refractivity contribution in [3.05, 3.63) is 40.3 Å². The number of aryl methyl sites for hydroxylation is 1. The normalized spacial score (nSPS) is 10.2. The van der Waals surface area contributed by atoms with Crippen molar-refractivity contribution in [1.82, 2.24) is 9.97 Å². The summed E-state index contributed by atoms with van der Waals surface area (Å²) in [6.45, 7) is 1.87. The number of H-pyrrole nitrogens is 1. The average Bonchev–Trinajstić information content (AvgIpc) is 2.69. The zero-order valence-corrected chi connectivity index (χ0v) is 10.7. The van der Waals surface area contributed by atoms with Crippen LogP contribution in [0, 0.1) is 6.92 Å². The van der Waals surface area contributed by atoms with Crippen LogP contribution in [0.25, 0.3) is 0 Å². The topological polar surface area (TPSA) is 83.8 Å². The minimum atomic E-state index is -0.264. The number of rotatable bonds is 2. The summed E-state index contributed by atoms with van der Waals surface area (Å²) < 4.78 is 0.872. The Kier molecular flexibility index (Phi) is 3.14. The quantitative estimate of drug-likeness (QED) is 0.795. The smallest absolute Gasteiger partial charge is 0.273 e. The maximum atomic E-state index is 11.8. The van der Waals surface area contributed by atoms with Crippen molar-refractivity contribution in [1.29, 1.82) is 0 Å². The van der Waals surface area contributed by atoms with Crippen molar-refractivity contribution >= 4 is 33.3 Å². The lowest BCUT2D eigenvalue weighted by molar-refractivity contribution is 0.102. The highest BCUT2D eigenvalue weighted by Crippen LogP contribution is 2.17. The molecule has 2 heterocycles. The number of halogens is 1. The zero-order valence-electron chi connectivity index (χ0n) is 9.12. The van der Waals surface area contributed by atoms with Gasteiger partial charge < -0.3 is 16.0 Å². The summed E-state index contributed by atoms with van der Waals surface area (Å²) >= 11 is 3.31. The SMILES string of the molecule is Cc1cc(Br)cnc1NC(=O)c1cc(N)c[nH]1. The summed E-state index contributed by atoms with van der Waals surface area (Å²) in [7, 11) is 0. The van der Waals surface area contributed by atoms with Crippen LogP contribution in [0.15, 0.2) is 29.0 Å². The lowest BCUT2D eigenvalue weighted by Gasteiger charge is -2.06. The summed E-state index contributed by atoms with van der Waals surface area (Å²) in [5.41, 5.74) is 7.34. The first-order chi connectivity index (χ1) is 8.06. The number of pyridine rings is 1. The molecule has 0 radical (unpaired) electrons. The molecular formula is C11H11BrN4O. The highest BCUT2D eigenvalue weighted by Gasteiger charge is 2.10. The van der Waals surface area contributed by atoms with Crippen LogP contribution in [0.4, 0.5) is 11.5 Å². The standard InChI is InChI=1S/C11H11BrN4O/c1-6-2-7(12)4-15-10(6)16-11(17)9-3-8(13)5-14-9/h2-5,14H,13H2,1H3,(H,15,16,17). The highest BCUT2D eigenvalue weighted by molar-refractivity contribution is 9.10. The molecule has 0 fully saturated rings. The summed E-state index contributed by atoms with van der Waals surface area (Å²) in [5.74, 6) is 0.269. The number of nitrogens with zero attached hydrogens (tertiary/aromatic N) is 1.